The molecule has 1 heterocycles. The number of aromatic nitrogens is 2. The highest BCUT2D eigenvalue weighted by molar-refractivity contribution is 5.97. The number of hydrogen-bond acceptors (Lipinski definition) is 5. The van der Waals surface area contributed by atoms with Crippen LogP contribution in [0.25, 0.3) is 0 Å². The van der Waals surface area contributed by atoms with Gasteiger partial charge in [0, 0.05) is 24.6 Å². The Balaban J connectivity index is 1.41. The van der Waals surface area contributed by atoms with Crippen molar-refractivity contribution in [3.63, 3.8) is 0 Å². The van der Waals surface area contributed by atoms with E-state index in [9.17, 15) is 9.59 Å². The molecule has 1 aromatic heterocycles. The topological polar surface area (TPSA) is 96.5 Å². The molecule has 0 aliphatic heterocycles. The number of carbonyl (C=O) groups excluding carboxylic acids is 2. The minimum Gasteiger partial charge on any atom is -0.457 e. The first-order valence-corrected chi connectivity index (χ1v) is 11.6. The molecule has 0 radical (unpaired) electrons. The van der Waals surface area contributed by atoms with Crippen LogP contribution in [-0.2, 0) is 27.4 Å². The minimum atomic E-state index is -0.829. The molecule has 0 spiro atoms. The van der Waals surface area contributed by atoms with Crippen LogP contribution in [0.1, 0.15) is 11.3 Å². The Morgan fingerprint density at radius 2 is 1.61 bits per heavy atom. The van der Waals surface area contributed by atoms with Gasteiger partial charge >= 0.3 is 0 Å². The van der Waals surface area contributed by atoms with Crippen LogP contribution in [0.4, 0.5) is 5.69 Å². The van der Waals surface area contributed by atoms with E-state index in [0.717, 1.165) is 11.3 Å². The van der Waals surface area contributed by atoms with Crippen molar-refractivity contribution in [2.24, 2.45) is 0 Å². The highest BCUT2D eigenvalue weighted by Crippen LogP contribution is 2.23. The number of aromatic amines is 1. The van der Waals surface area contributed by atoms with Crippen molar-refractivity contribution in [3.05, 3.63) is 109 Å². The second-order valence-electron chi connectivity index (χ2n) is 8.20. The smallest absolute Gasteiger partial charge is 0.249 e. The van der Waals surface area contributed by atoms with Crippen molar-refractivity contribution in [1.82, 2.24) is 14.9 Å². The first kappa shape index (κ1) is 24.7. The van der Waals surface area contributed by atoms with Crippen molar-refractivity contribution in [2.75, 3.05) is 19.0 Å². The van der Waals surface area contributed by atoms with Gasteiger partial charge in [0.25, 0.3) is 0 Å². The summed E-state index contributed by atoms with van der Waals surface area (Å²) in [6.07, 6.45) is 3.21. The van der Waals surface area contributed by atoms with Crippen LogP contribution in [0.15, 0.2) is 97.5 Å². The molecule has 8 nitrogen and oxygen atoms in total. The molecule has 0 aliphatic rings. The fourth-order valence-electron chi connectivity index (χ4n) is 3.53. The zero-order chi connectivity index (χ0) is 25.2. The second kappa shape index (κ2) is 12.3. The molecule has 2 N–H and O–H groups in total. The molecule has 184 valence electrons. The van der Waals surface area contributed by atoms with E-state index in [4.69, 9.17) is 9.47 Å². The van der Waals surface area contributed by atoms with Gasteiger partial charge in [-0.05, 0) is 42.0 Å². The normalized spacial score (nSPS) is 11.5. The van der Waals surface area contributed by atoms with Gasteiger partial charge < -0.3 is 24.7 Å². The third-order valence-electron chi connectivity index (χ3n) is 5.55. The SMILES string of the molecule is CN(C(=O)Cc1cnc[nH]1)C(COCc1ccccc1)C(=O)Nc1ccc(Oc2ccccc2)cc1. The maximum atomic E-state index is 13.2. The standard InChI is InChI=1S/C28H28N4O4/c1-32(27(33)16-23-17-29-20-30-23)26(19-35-18-21-8-4-2-5-9-21)28(34)31-22-12-14-25(15-13-22)36-24-10-6-3-7-11-24/h2-15,17,20,26H,16,18-19H2,1H3,(H,29,30)(H,31,34). The summed E-state index contributed by atoms with van der Waals surface area (Å²) in [7, 11) is 1.60. The van der Waals surface area contributed by atoms with Gasteiger partial charge in [-0.15, -0.1) is 0 Å². The summed E-state index contributed by atoms with van der Waals surface area (Å²) in [6, 6.07) is 25.3. The Morgan fingerprint density at radius 1 is 0.944 bits per heavy atom. The molecule has 1 unspecified atom stereocenters. The Bertz CT molecular complexity index is 1230. The van der Waals surface area contributed by atoms with E-state index in [2.05, 4.69) is 15.3 Å². The van der Waals surface area contributed by atoms with E-state index in [1.807, 2.05) is 60.7 Å². The summed E-state index contributed by atoms with van der Waals surface area (Å²) in [4.78, 5) is 34.4. The largest absolute Gasteiger partial charge is 0.457 e. The summed E-state index contributed by atoms with van der Waals surface area (Å²) in [5.74, 6) is 0.797. The number of likely N-dealkylation sites (N-methyl/N-ethyl adjacent to an activating group) is 1. The highest BCUT2D eigenvalue weighted by atomic mass is 16.5. The molecule has 4 rings (SSSR count). The molecule has 0 aliphatic carbocycles. The number of carbonyl (C=O) groups is 2. The van der Waals surface area contributed by atoms with Gasteiger partial charge in [0.2, 0.25) is 11.8 Å². The third-order valence-corrected chi connectivity index (χ3v) is 5.55. The number of imidazole rings is 1. The van der Waals surface area contributed by atoms with E-state index in [-0.39, 0.29) is 24.8 Å². The molecule has 4 aromatic rings. The Kier molecular flexibility index (Phi) is 8.45. The van der Waals surface area contributed by atoms with E-state index in [0.29, 0.717) is 23.7 Å². The molecule has 0 bridgehead atoms. The van der Waals surface area contributed by atoms with Gasteiger partial charge in [0.15, 0.2) is 0 Å². The van der Waals surface area contributed by atoms with E-state index in [1.54, 1.807) is 37.5 Å². The number of nitrogens with zero attached hydrogens (tertiary/aromatic N) is 2. The lowest BCUT2D eigenvalue weighted by Crippen LogP contribution is -2.48. The average Bonchev–Trinajstić information content (AvgIpc) is 3.41. The first-order valence-electron chi connectivity index (χ1n) is 11.6. The number of rotatable bonds is 11. The lowest BCUT2D eigenvalue weighted by molar-refractivity contribution is -0.138. The number of para-hydroxylation sites is 1. The maximum absolute atomic E-state index is 13.2. The van der Waals surface area contributed by atoms with Crippen LogP contribution in [0.5, 0.6) is 11.5 Å². The number of amides is 2. The molecular weight excluding hydrogens is 456 g/mol. The van der Waals surface area contributed by atoms with Gasteiger partial charge in [0.05, 0.1) is 26.0 Å². The second-order valence-corrected chi connectivity index (χ2v) is 8.20. The fourth-order valence-corrected chi connectivity index (χ4v) is 3.53. The zero-order valence-corrected chi connectivity index (χ0v) is 20.0. The van der Waals surface area contributed by atoms with Crippen LogP contribution in [0.3, 0.4) is 0 Å². The van der Waals surface area contributed by atoms with Gasteiger partial charge in [-0.3, -0.25) is 9.59 Å². The summed E-state index contributed by atoms with van der Waals surface area (Å²) >= 11 is 0. The number of H-pyrrole nitrogens is 1. The summed E-state index contributed by atoms with van der Waals surface area (Å²) < 4.78 is 11.6. The number of nitrogens with one attached hydrogen (secondary N) is 2. The molecular formula is C28H28N4O4. The Hall–Kier alpha value is -4.43. The minimum absolute atomic E-state index is 0.0428. The van der Waals surface area contributed by atoms with Crippen LogP contribution in [0, 0.1) is 0 Å². The van der Waals surface area contributed by atoms with Gasteiger partial charge in [-0.1, -0.05) is 48.5 Å². The summed E-state index contributed by atoms with van der Waals surface area (Å²) in [5.41, 5.74) is 2.24. The Labute approximate surface area is 209 Å². The molecule has 1 atom stereocenters. The number of ether oxygens (including phenoxy) is 2. The number of hydrogen-bond donors (Lipinski definition) is 2. The monoisotopic (exact) mass is 484 g/mol. The summed E-state index contributed by atoms with van der Waals surface area (Å²) in [5, 5.41) is 2.89. The number of benzene rings is 3. The Morgan fingerprint density at radius 3 is 2.28 bits per heavy atom. The average molecular weight is 485 g/mol. The van der Waals surface area contributed by atoms with Gasteiger partial charge in [-0.2, -0.15) is 0 Å². The molecule has 2 amide bonds. The predicted octanol–water partition coefficient (Wildman–Crippen LogP) is 4.43. The zero-order valence-electron chi connectivity index (χ0n) is 20.0. The van der Waals surface area contributed by atoms with Crippen molar-refractivity contribution in [3.8, 4) is 11.5 Å². The van der Waals surface area contributed by atoms with Crippen LogP contribution in [-0.4, -0.2) is 46.4 Å². The van der Waals surface area contributed by atoms with Gasteiger partial charge in [-0.25, -0.2) is 4.98 Å². The molecule has 0 saturated carbocycles. The predicted molar refractivity (Wildman–Crippen MR) is 137 cm³/mol. The van der Waals surface area contributed by atoms with E-state index in [1.165, 1.54) is 11.2 Å². The quantitative estimate of drug-likeness (QED) is 0.328. The van der Waals surface area contributed by atoms with Crippen LogP contribution < -0.4 is 10.1 Å². The molecule has 8 heteroatoms. The highest BCUT2D eigenvalue weighted by Gasteiger charge is 2.27. The van der Waals surface area contributed by atoms with E-state index >= 15 is 0 Å². The third kappa shape index (κ3) is 7.04. The van der Waals surface area contributed by atoms with Crippen LogP contribution >= 0.6 is 0 Å². The lowest BCUT2D eigenvalue weighted by atomic mass is 10.2. The molecule has 0 fully saturated rings. The molecule has 0 saturated heterocycles. The van der Waals surface area contributed by atoms with E-state index < -0.39 is 6.04 Å². The molecule has 36 heavy (non-hydrogen) atoms. The maximum Gasteiger partial charge on any atom is 0.249 e. The van der Waals surface area contributed by atoms with Crippen LogP contribution in [0.2, 0.25) is 0 Å². The summed E-state index contributed by atoms with van der Waals surface area (Å²) in [6.45, 7) is 0.375. The molecule has 3 aromatic carbocycles. The van der Waals surface area contributed by atoms with Crippen molar-refractivity contribution in [1.29, 1.82) is 0 Å². The van der Waals surface area contributed by atoms with Crippen molar-refractivity contribution < 1.29 is 19.1 Å². The van der Waals surface area contributed by atoms with Gasteiger partial charge in [0.1, 0.15) is 17.5 Å². The van der Waals surface area contributed by atoms with Crippen molar-refractivity contribution in [2.45, 2.75) is 19.1 Å². The van der Waals surface area contributed by atoms with Crippen molar-refractivity contribution >= 4 is 17.5 Å². The number of anilines is 1. The first-order chi connectivity index (χ1) is 17.6. The fraction of sp³-hybridized carbons (Fsp3) is 0.179. The lowest BCUT2D eigenvalue weighted by Gasteiger charge is -2.27.